The van der Waals surface area contributed by atoms with E-state index in [4.69, 9.17) is 0 Å². The van der Waals surface area contributed by atoms with E-state index in [9.17, 15) is 9.59 Å². The van der Waals surface area contributed by atoms with Crippen molar-refractivity contribution in [3.63, 3.8) is 0 Å². The van der Waals surface area contributed by atoms with Crippen molar-refractivity contribution in [2.24, 2.45) is 23.7 Å². The molecule has 4 heterocycles. The van der Waals surface area contributed by atoms with Crippen LogP contribution in [0.2, 0.25) is 0 Å². The van der Waals surface area contributed by atoms with Crippen LogP contribution in [0.4, 0.5) is 0 Å². The van der Waals surface area contributed by atoms with Crippen molar-refractivity contribution in [1.82, 2.24) is 9.80 Å². The van der Waals surface area contributed by atoms with Crippen molar-refractivity contribution >= 4 is 11.8 Å². The lowest BCUT2D eigenvalue weighted by Crippen LogP contribution is -2.59. The molecule has 2 amide bonds. The van der Waals surface area contributed by atoms with Crippen molar-refractivity contribution in [2.45, 2.75) is 38.8 Å². The first-order chi connectivity index (χ1) is 12.4. The highest BCUT2D eigenvalue weighted by atomic mass is 16.2. The van der Waals surface area contributed by atoms with E-state index >= 15 is 0 Å². The van der Waals surface area contributed by atoms with E-state index in [1.54, 1.807) is 0 Å². The molecule has 26 heavy (non-hydrogen) atoms. The van der Waals surface area contributed by atoms with Gasteiger partial charge in [-0.25, -0.2) is 0 Å². The van der Waals surface area contributed by atoms with Crippen molar-refractivity contribution in [1.29, 1.82) is 0 Å². The van der Waals surface area contributed by atoms with Crippen LogP contribution in [0.5, 0.6) is 0 Å². The molecule has 3 aliphatic carbocycles. The summed E-state index contributed by atoms with van der Waals surface area (Å²) in [6, 6.07) is 0.246. The molecule has 7 aliphatic rings. The van der Waals surface area contributed by atoms with Crippen LogP contribution in [0, 0.1) is 23.7 Å². The van der Waals surface area contributed by atoms with E-state index < -0.39 is 0 Å². The molecule has 4 bridgehead atoms. The molecule has 0 aromatic heterocycles. The van der Waals surface area contributed by atoms with Crippen molar-refractivity contribution < 1.29 is 9.59 Å². The fraction of sp³-hybridized carbons (Fsp3) is 0.545. The molecule has 0 radical (unpaired) electrons. The van der Waals surface area contributed by atoms with Crippen molar-refractivity contribution in [3.8, 4) is 0 Å². The van der Waals surface area contributed by atoms with E-state index in [2.05, 4.69) is 38.2 Å². The molecule has 6 unspecified atom stereocenters. The average Bonchev–Trinajstić information content (AvgIpc) is 2.57. The first kappa shape index (κ1) is 16.1. The second kappa shape index (κ2) is 5.21. The number of nitrogens with zero attached hydrogens (tertiary/aromatic N) is 2. The number of rotatable bonds is 0. The highest BCUT2D eigenvalue weighted by molar-refractivity contribution is 5.86. The van der Waals surface area contributed by atoms with Gasteiger partial charge in [-0.2, -0.15) is 0 Å². The molecule has 0 aromatic rings. The van der Waals surface area contributed by atoms with Gasteiger partial charge < -0.3 is 9.80 Å². The molecule has 0 aromatic carbocycles. The van der Waals surface area contributed by atoms with Crippen LogP contribution in [-0.4, -0.2) is 47.8 Å². The molecular weight excluding hydrogens is 324 g/mol. The fourth-order valence-electron chi connectivity index (χ4n) is 6.02. The smallest absolute Gasteiger partial charge is 0.230 e. The topological polar surface area (TPSA) is 40.6 Å². The zero-order chi connectivity index (χ0) is 18.3. The van der Waals surface area contributed by atoms with Crippen LogP contribution in [-0.2, 0) is 9.59 Å². The lowest BCUT2D eigenvalue weighted by molar-refractivity contribution is -0.139. The number of carbonyl (C=O) groups excluding carboxylic acids is 2. The Kier molecular flexibility index (Phi) is 3.23. The summed E-state index contributed by atoms with van der Waals surface area (Å²) in [7, 11) is 3.86. The van der Waals surface area contributed by atoms with Gasteiger partial charge in [0.25, 0.3) is 0 Å². The van der Waals surface area contributed by atoms with Gasteiger partial charge in [-0.05, 0) is 37.8 Å². The lowest BCUT2D eigenvalue weighted by Gasteiger charge is -2.56. The normalized spacial score (nSPS) is 46.5. The van der Waals surface area contributed by atoms with E-state index in [-0.39, 0.29) is 47.6 Å². The van der Waals surface area contributed by atoms with Gasteiger partial charge in [0, 0.05) is 25.9 Å². The first-order valence-electron chi connectivity index (χ1n) is 9.69. The molecule has 0 N–H and O–H groups in total. The second-order valence-electron chi connectivity index (χ2n) is 8.71. The van der Waals surface area contributed by atoms with Crippen molar-refractivity contribution in [3.05, 3.63) is 46.6 Å². The van der Waals surface area contributed by atoms with Crippen LogP contribution >= 0.6 is 0 Å². The third-order valence-electron chi connectivity index (χ3n) is 7.38. The third-order valence-corrected chi connectivity index (χ3v) is 7.38. The Hall–Kier alpha value is -2.10. The summed E-state index contributed by atoms with van der Waals surface area (Å²) in [6.07, 6.45) is 10.4. The summed E-state index contributed by atoms with van der Waals surface area (Å²) in [6.45, 7) is 4.44. The molecule has 1 fully saturated rings. The number of allylic oxidation sites excluding steroid dienone is 2. The number of likely N-dealkylation sites (N-methyl/N-ethyl adjacent to an activating group) is 2. The minimum Gasteiger partial charge on any atom is -0.338 e. The average molecular weight is 350 g/mol. The quantitative estimate of drug-likeness (QED) is 0.630. The molecule has 7 rings (SSSR count). The van der Waals surface area contributed by atoms with E-state index in [1.165, 1.54) is 22.3 Å². The Balaban J connectivity index is 1.70. The van der Waals surface area contributed by atoms with Gasteiger partial charge in [0.2, 0.25) is 11.8 Å². The highest BCUT2D eigenvalue weighted by Gasteiger charge is 2.56. The standard InChI is InChI=1S/C22H26N2O2/c1-11-9-13-5-8-16(24(4)21(13)25)20-18(11)17-12(2)10-14-6-7-15(19(17)20)22(26)23(14)3/h5-8,13-16,19-20H,9-10H2,1-4H3/b17-12-,18-11-. The van der Waals surface area contributed by atoms with Gasteiger partial charge in [-0.15, -0.1) is 0 Å². The highest BCUT2D eigenvalue weighted by Crippen LogP contribution is 2.59. The van der Waals surface area contributed by atoms with Crippen LogP contribution in [0.25, 0.3) is 0 Å². The third kappa shape index (κ3) is 1.85. The molecule has 136 valence electrons. The summed E-state index contributed by atoms with van der Waals surface area (Å²) in [5.74, 6) is 0.746. The molecular formula is C22H26N2O2. The zero-order valence-corrected chi connectivity index (χ0v) is 15.9. The van der Waals surface area contributed by atoms with E-state index in [1.807, 2.05) is 23.9 Å². The number of hydrogen-bond acceptors (Lipinski definition) is 2. The Morgan fingerprint density at radius 3 is 2.27 bits per heavy atom. The summed E-state index contributed by atoms with van der Waals surface area (Å²) in [5, 5.41) is 0. The zero-order valence-electron chi connectivity index (χ0n) is 15.9. The fourth-order valence-corrected chi connectivity index (χ4v) is 6.02. The van der Waals surface area contributed by atoms with E-state index in [0.29, 0.717) is 0 Å². The maximum Gasteiger partial charge on any atom is 0.230 e. The predicted molar refractivity (Wildman–Crippen MR) is 100.0 cm³/mol. The Labute approximate surface area is 154 Å². The monoisotopic (exact) mass is 350 g/mol. The molecule has 4 nitrogen and oxygen atoms in total. The van der Waals surface area contributed by atoms with Gasteiger partial charge in [0.05, 0.1) is 23.9 Å². The van der Waals surface area contributed by atoms with Crippen LogP contribution in [0.15, 0.2) is 46.6 Å². The summed E-state index contributed by atoms with van der Waals surface area (Å²) in [5.41, 5.74) is 5.65. The number of fused-ring (bicyclic) bond motifs is 4. The minimum absolute atomic E-state index is 0.0256. The van der Waals surface area contributed by atoms with Crippen LogP contribution in [0.1, 0.15) is 26.7 Å². The molecule has 0 saturated heterocycles. The minimum atomic E-state index is -0.0999. The van der Waals surface area contributed by atoms with Gasteiger partial charge >= 0.3 is 0 Å². The maximum atomic E-state index is 13.1. The van der Waals surface area contributed by atoms with Crippen molar-refractivity contribution in [2.75, 3.05) is 14.1 Å². The molecule has 0 spiro atoms. The summed E-state index contributed by atoms with van der Waals surface area (Å²) in [4.78, 5) is 29.7. The SMILES string of the molecule is C/C1=C2\C3=C(/C)CC4C=CC(C3C2C2C=CC(C1)N(C)C2=O)N(C)C4=O. The predicted octanol–water partition coefficient (Wildman–Crippen LogP) is 2.70. The lowest BCUT2D eigenvalue weighted by atomic mass is 9.52. The Morgan fingerprint density at radius 2 is 1.50 bits per heavy atom. The van der Waals surface area contributed by atoms with Gasteiger partial charge in [0.1, 0.15) is 0 Å². The Morgan fingerprint density at radius 1 is 0.808 bits per heavy atom. The van der Waals surface area contributed by atoms with Gasteiger partial charge in [-0.3, -0.25) is 9.59 Å². The molecule has 4 heteroatoms. The summed E-state index contributed by atoms with van der Waals surface area (Å²) < 4.78 is 0. The Bertz CT molecular complexity index is 846. The first-order valence-corrected chi connectivity index (χ1v) is 9.69. The number of hydrogen-bond donors (Lipinski definition) is 0. The number of carbonyl (C=O) groups is 2. The van der Waals surface area contributed by atoms with Gasteiger partial charge in [-0.1, -0.05) is 35.5 Å². The second-order valence-corrected chi connectivity index (χ2v) is 8.71. The number of amides is 2. The maximum absolute atomic E-state index is 13.1. The molecule has 4 aliphatic heterocycles. The molecule has 6 atom stereocenters. The van der Waals surface area contributed by atoms with Gasteiger partial charge in [0.15, 0.2) is 0 Å². The summed E-state index contributed by atoms with van der Waals surface area (Å²) >= 11 is 0. The molecule has 1 saturated carbocycles. The van der Waals surface area contributed by atoms with E-state index in [0.717, 1.165) is 12.8 Å². The largest absolute Gasteiger partial charge is 0.338 e. The van der Waals surface area contributed by atoms with Crippen LogP contribution < -0.4 is 0 Å². The van der Waals surface area contributed by atoms with Crippen LogP contribution in [0.3, 0.4) is 0 Å².